The van der Waals surface area contributed by atoms with Crippen LogP contribution in [0.3, 0.4) is 0 Å². The fourth-order valence-corrected chi connectivity index (χ4v) is 5.05. The first-order valence-corrected chi connectivity index (χ1v) is 11.6. The molecule has 1 aliphatic rings. The van der Waals surface area contributed by atoms with E-state index in [4.69, 9.17) is 4.42 Å². The molecule has 174 valence electrons. The number of nitrogens with zero attached hydrogens (tertiary/aromatic N) is 3. The van der Waals surface area contributed by atoms with Crippen LogP contribution in [0.1, 0.15) is 12.3 Å². The third-order valence-corrected chi connectivity index (χ3v) is 7.28. The number of sulfonamides is 1. The summed E-state index contributed by atoms with van der Waals surface area (Å²) in [6.07, 6.45) is 1.68. The lowest BCUT2D eigenvalue weighted by Gasteiger charge is -2.34. The Morgan fingerprint density at radius 2 is 1.73 bits per heavy atom. The van der Waals surface area contributed by atoms with Gasteiger partial charge < -0.3 is 9.32 Å². The van der Waals surface area contributed by atoms with Gasteiger partial charge in [-0.2, -0.15) is 4.31 Å². The SMILES string of the molecule is O=C(CCc1ncc(-c2ccccc2F)o1)N1CCN(S(=O)(=O)c2ccc(F)cc2F)CC1. The third kappa shape index (κ3) is 4.93. The largest absolute Gasteiger partial charge is 0.441 e. The van der Waals surface area contributed by atoms with Crippen LogP contribution in [0.2, 0.25) is 0 Å². The van der Waals surface area contributed by atoms with Crippen LogP contribution in [-0.2, 0) is 21.2 Å². The molecule has 1 aliphatic heterocycles. The summed E-state index contributed by atoms with van der Waals surface area (Å²) in [6.45, 7) is 0.239. The molecule has 0 spiro atoms. The fourth-order valence-electron chi connectivity index (χ4n) is 3.58. The molecule has 7 nitrogen and oxygen atoms in total. The number of hydrogen-bond acceptors (Lipinski definition) is 5. The number of amides is 1. The van der Waals surface area contributed by atoms with E-state index in [2.05, 4.69) is 4.98 Å². The zero-order chi connectivity index (χ0) is 23.6. The molecule has 0 saturated carbocycles. The van der Waals surface area contributed by atoms with Crippen molar-refractivity contribution in [2.45, 2.75) is 17.7 Å². The van der Waals surface area contributed by atoms with E-state index >= 15 is 0 Å². The number of rotatable bonds is 6. The van der Waals surface area contributed by atoms with Gasteiger partial charge in [0.2, 0.25) is 15.9 Å². The zero-order valence-corrected chi connectivity index (χ0v) is 18.2. The Kier molecular flexibility index (Phi) is 6.52. The molecule has 1 fully saturated rings. The number of benzene rings is 2. The van der Waals surface area contributed by atoms with E-state index in [1.54, 1.807) is 18.2 Å². The standard InChI is InChI=1S/C22H20F3N3O4S/c23-15-5-6-20(18(25)13-15)33(30,31)28-11-9-27(10-12-28)22(29)8-7-21-26-14-19(32-21)16-3-1-2-4-17(16)24/h1-6,13-14H,7-12H2. The highest BCUT2D eigenvalue weighted by molar-refractivity contribution is 7.89. The molecule has 11 heteroatoms. The molecule has 1 saturated heterocycles. The molecule has 0 atom stereocenters. The van der Waals surface area contributed by atoms with E-state index in [-0.39, 0.29) is 62.1 Å². The van der Waals surface area contributed by atoms with Gasteiger partial charge in [-0.3, -0.25) is 4.79 Å². The molecule has 1 amide bonds. The van der Waals surface area contributed by atoms with Crippen molar-refractivity contribution in [1.29, 1.82) is 0 Å². The van der Waals surface area contributed by atoms with Gasteiger partial charge in [-0.25, -0.2) is 26.6 Å². The normalized spacial score (nSPS) is 15.1. The Morgan fingerprint density at radius 1 is 1.00 bits per heavy atom. The minimum atomic E-state index is -4.14. The van der Waals surface area contributed by atoms with Gasteiger partial charge in [-0.05, 0) is 24.3 Å². The molecule has 4 rings (SSSR count). The fraction of sp³-hybridized carbons (Fsp3) is 0.273. The third-order valence-electron chi connectivity index (χ3n) is 5.35. The van der Waals surface area contributed by atoms with Crippen LogP contribution in [0.25, 0.3) is 11.3 Å². The van der Waals surface area contributed by atoms with Crippen molar-refractivity contribution < 1.29 is 30.8 Å². The van der Waals surface area contributed by atoms with Crippen LogP contribution < -0.4 is 0 Å². The van der Waals surface area contributed by atoms with Gasteiger partial charge in [0.15, 0.2) is 11.7 Å². The van der Waals surface area contributed by atoms with Gasteiger partial charge in [0, 0.05) is 45.1 Å². The molecule has 0 aliphatic carbocycles. The molecule has 0 radical (unpaired) electrons. The maximum Gasteiger partial charge on any atom is 0.246 e. The van der Waals surface area contributed by atoms with E-state index in [0.717, 1.165) is 16.4 Å². The molecule has 0 N–H and O–H groups in total. The number of aryl methyl sites for hydroxylation is 1. The summed E-state index contributed by atoms with van der Waals surface area (Å²) in [5, 5.41) is 0. The predicted molar refractivity (Wildman–Crippen MR) is 112 cm³/mol. The topological polar surface area (TPSA) is 83.7 Å². The second-order valence-corrected chi connectivity index (χ2v) is 9.36. The van der Waals surface area contributed by atoms with E-state index < -0.39 is 32.4 Å². The van der Waals surface area contributed by atoms with Gasteiger partial charge in [-0.15, -0.1) is 0 Å². The van der Waals surface area contributed by atoms with E-state index in [1.165, 1.54) is 17.2 Å². The van der Waals surface area contributed by atoms with Crippen molar-refractivity contribution in [2.24, 2.45) is 0 Å². The minimum Gasteiger partial charge on any atom is -0.441 e. The maximum atomic E-state index is 14.0. The lowest BCUT2D eigenvalue weighted by Crippen LogP contribution is -2.50. The van der Waals surface area contributed by atoms with Gasteiger partial charge in [-0.1, -0.05) is 12.1 Å². The summed E-state index contributed by atoms with van der Waals surface area (Å²) < 4.78 is 72.9. The lowest BCUT2D eigenvalue weighted by atomic mass is 10.2. The van der Waals surface area contributed by atoms with Crippen LogP contribution >= 0.6 is 0 Å². The summed E-state index contributed by atoms with van der Waals surface area (Å²) in [4.78, 5) is 17.5. The first kappa shape index (κ1) is 23.0. The summed E-state index contributed by atoms with van der Waals surface area (Å²) in [7, 11) is -4.14. The van der Waals surface area contributed by atoms with Crippen molar-refractivity contribution >= 4 is 15.9 Å². The number of halogens is 3. The maximum absolute atomic E-state index is 14.0. The summed E-state index contributed by atoms with van der Waals surface area (Å²) >= 11 is 0. The number of carbonyl (C=O) groups is 1. The van der Waals surface area contributed by atoms with Crippen LogP contribution in [0.15, 0.2) is 58.0 Å². The molecule has 0 bridgehead atoms. The first-order chi connectivity index (χ1) is 15.8. The number of piperazine rings is 1. The molecule has 33 heavy (non-hydrogen) atoms. The molecule has 1 aromatic heterocycles. The monoisotopic (exact) mass is 479 g/mol. The highest BCUT2D eigenvalue weighted by Gasteiger charge is 2.32. The molecule has 2 aromatic carbocycles. The average Bonchev–Trinajstić information content (AvgIpc) is 3.26. The second kappa shape index (κ2) is 9.36. The van der Waals surface area contributed by atoms with Gasteiger partial charge in [0.1, 0.15) is 22.3 Å². The van der Waals surface area contributed by atoms with Crippen LogP contribution in [0, 0.1) is 17.5 Å². The highest BCUT2D eigenvalue weighted by atomic mass is 32.2. The van der Waals surface area contributed by atoms with Crippen molar-refractivity contribution in [3.8, 4) is 11.3 Å². The Morgan fingerprint density at radius 3 is 2.42 bits per heavy atom. The number of carbonyl (C=O) groups excluding carboxylic acids is 1. The zero-order valence-electron chi connectivity index (χ0n) is 17.4. The Bertz CT molecular complexity index is 1270. The van der Waals surface area contributed by atoms with Crippen LogP contribution in [0.4, 0.5) is 13.2 Å². The highest BCUT2D eigenvalue weighted by Crippen LogP contribution is 2.24. The predicted octanol–water partition coefficient (Wildman–Crippen LogP) is 3.22. The second-order valence-electron chi connectivity index (χ2n) is 7.46. The molecule has 2 heterocycles. The summed E-state index contributed by atoms with van der Waals surface area (Å²) in [5.41, 5.74) is 0.275. The van der Waals surface area contributed by atoms with Crippen molar-refractivity contribution in [2.75, 3.05) is 26.2 Å². The minimum absolute atomic E-state index is 0.0126. The van der Waals surface area contributed by atoms with E-state index in [0.29, 0.717) is 6.07 Å². The van der Waals surface area contributed by atoms with Crippen molar-refractivity contribution in [3.63, 3.8) is 0 Å². The van der Waals surface area contributed by atoms with Crippen molar-refractivity contribution in [3.05, 3.63) is 72.0 Å². The van der Waals surface area contributed by atoms with E-state index in [9.17, 15) is 26.4 Å². The Labute approximate surface area is 188 Å². The first-order valence-electron chi connectivity index (χ1n) is 10.2. The number of oxazole rings is 1. The molecular weight excluding hydrogens is 459 g/mol. The van der Waals surface area contributed by atoms with Crippen LogP contribution in [-0.4, -0.2) is 54.7 Å². The van der Waals surface area contributed by atoms with Gasteiger partial charge >= 0.3 is 0 Å². The molecular formula is C22H20F3N3O4S. The number of hydrogen-bond donors (Lipinski definition) is 0. The lowest BCUT2D eigenvalue weighted by molar-refractivity contribution is -0.132. The summed E-state index contributed by atoms with van der Waals surface area (Å²) in [6, 6.07) is 8.41. The Hall–Kier alpha value is -3.18. The quantitative estimate of drug-likeness (QED) is 0.542. The van der Waals surface area contributed by atoms with Gasteiger partial charge in [0.05, 0.1) is 11.8 Å². The summed E-state index contributed by atoms with van der Waals surface area (Å²) in [5.74, 6) is -2.13. The number of aromatic nitrogens is 1. The Balaban J connectivity index is 1.32. The molecule has 3 aromatic rings. The van der Waals surface area contributed by atoms with E-state index in [1.807, 2.05) is 0 Å². The van der Waals surface area contributed by atoms with Gasteiger partial charge in [0.25, 0.3) is 0 Å². The smallest absolute Gasteiger partial charge is 0.246 e. The van der Waals surface area contributed by atoms with Crippen molar-refractivity contribution in [1.82, 2.24) is 14.2 Å². The van der Waals surface area contributed by atoms with Crippen LogP contribution in [0.5, 0.6) is 0 Å². The average molecular weight is 479 g/mol. The molecule has 0 unspecified atom stereocenters.